The van der Waals surface area contributed by atoms with Crippen LogP contribution in [-0.2, 0) is 14.8 Å². The molecule has 182 valence electrons. The summed E-state index contributed by atoms with van der Waals surface area (Å²) in [5, 5.41) is 8.34. The molecule has 0 spiro atoms. The fraction of sp³-hybridized carbons (Fsp3) is 0.240. The van der Waals surface area contributed by atoms with Crippen LogP contribution in [0.2, 0.25) is 5.02 Å². The smallest absolute Gasteiger partial charge is 0.262 e. The molecule has 7 nitrogen and oxygen atoms in total. The number of allylic oxidation sites excluding steroid dienone is 9. The number of benzene rings is 1. The molecule has 2 aliphatic rings. The van der Waals surface area contributed by atoms with Crippen molar-refractivity contribution >= 4 is 27.5 Å². The Morgan fingerprint density at radius 3 is 2.59 bits per heavy atom. The van der Waals surface area contributed by atoms with E-state index in [1.165, 1.54) is 12.2 Å². The average molecular weight is 505 g/mol. The number of ether oxygens (including phenoxy) is 2. The van der Waals surface area contributed by atoms with Crippen LogP contribution < -0.4 is 19.9 Å². The van der Waals surface area contributed by atoms with E-state index in [0.717, 1.165) is 6.42 Å². The van der Waals surface area contributed by atoms with Crippen LogP contribution in [0.4, 0.5) is 0 Å². The molecule has 0 aromatic heterocycles. The quantitative estimate of drug-likeness (QED) is 0.540. The van der Waals surface area contributed by atoms with E-state index in [4.69, 9.17) is 26.2 Å². The van der Waals surface area contributed by atoms with E-state index in [2.05, 4.69) is 5.32 Å². The van der Waals surface area contributed by atoms with Crippen molar-refractivity contribution in [2.24, 2.45) is 5.14 Å². The first-order chi connectivity index (χ1) is 16.2. The topological polar surface area (TPSA) is 108 Å². The van der Waals surface area contributed by atoms with E-state index in [1.807, 2.05) is 44.2 Å². The van der Waals surface area contributed by atoms with Gasteiger partial charge in [0.2, 0.25) is 10.0 Å². The highest BCUT2D eigenvalue weighted by molar-refractivity contribution is 7.93. The third-order valence-corrected chi connectivity index (χ3v) is 5.60. The fourth-order valence-corrected chi connectivity index (χ4v) is 3.78. The van der Waals surface area contributed by atoms with E-state index >= 15 is 0 Å². The number of hydrogen-bond donors (Lipinski definition) is 2. The van der Waals surface area contributed by atoms with Gasteiger partial charge in [-0.2, -0.15) is 0 Å². The van der Waals surface area contributed by atoms with Gasteiger partial charge in [-0.15, -0.1) is 0 Å². The van der Waals surface area contributed by atoms with Crippen LogP contribution in [0.25, 0.3) is 0 Å². The van der Waals surface area contributed by atoms with Crippen LogP contribution in [-0.4, -0.2) is 20.9 Å². The predicted molar refractivity (Wildman–Crippen MR) is 136 cm³/mol. The summed E-state index contributed by atoms with van der Waals surface area (Å²) in [6.45, 7) is 5.43. The zero-order valence-electron chi connectivity index (χ0n) is 19.4. The van der Waals surface area contributed by atoms with Crippen molar-refractivity contribution in [3.8, 4) is 11.5 Å². The number of halogens is 1. The van der Waals surface area contributed by atoms with Crippen molar-refractivity contribution in [3.63, 3.8) is 0 Å². The number of nitrogens with one attached hydrogen (secondary N) is 1. The molecule has 1 aromatic carbocycles. The lowest BCUT2D eigenvalue weighted by Crippen LogP contribution is -2.28. The Labute approximate surface area is 206 Å². The van der Waals surface area contributed by atoms with Crippen molar-refractivity contribution in [1.82, 2.24) is 5.32 Å². The van der Waals surface area contributed by atoms with Crippen molar-refractivity contribution < 1.29 is 22.7 Å². The minimum Gasteiger partial charge on any atom is -0.484 e. The first-order valence-electron chi connectivity index (χ1n) is 10.8. The molecular formula is C25H29ClN2O5S. The lowest BCUT2D eigenvalue weighted by atomic mass is 10.2. The summed E-state index contributed by atoms with van der Waals surface area (Å²) in [5.74, 6) is 1.14. The number of nitrogens with two attached hydrogens (primary N) is 1. The molecule has 34 heavy (non-hydrogen) atoms. The van der Waals surface area contributed by atoms with Crippen LogP contribution in [0, 0.1) is 0 Å². The summed E-state index contributed by atoms with van der Waals surface area (Å²) in [7, 11) is -3.83. The number of amides is 1. The van der Waals surface area contributed by atoms with Gasteiger partial charge in [0.05, 0.1) is 4.91 Å². The molecule has 3 rings (SSSR count). The van der Waals surface area contributed by atoms with Crippen molar-refractivity contribution in [2.75, 3.05) is 6.61 Å². The predicted octanol–water partition coefficient (Wildman–Crippen LogP) is 5.05. The molecule has 0 unspecified atom stereocenters. The highest BCUT2D eigenvalue weighted by Crippen LogP contribution is 2.28. The summed E-state index contributed by atoms with van der Waals surface area (Å²) in [5.41, 5.74) is 1.15. The third-order valence-electron chi connectivity index (χ3n) is 4.47. The average Bonchev–Trinajstić information content (AvgIpc) is 3.14. The van der Waals surface area contributed by atoms with Gasteiger partial charge in [-0.05, 0) is 55.4 Å². The van der Waals surface area contributed by atoms with Gasteiger partial charge in [0.25, 0.3) is 5.91 Å². The Kier molecular flexibility index (Phi) is 10.4. The molecule has 0 bridgehead atoms. The van der Waals surface area contributed by atoms with Gasteiger partial charge < -0.3 is 14.8 Å². The molecule has 0 fully saturated rings. The van der Waals surface area contributed by atoms with Gasteiger partial charge in [-0.3, -0.25) is 4.79 Å². The summed E-state index contributed by atoms with van der Waals surface area (Å²) >= 11 is 6.17. The first kappa shape index (κ1) is 27.2. The zero-order chi connectivity index (χ0) is 25.1. The van der Waals surface area contributed by atoms with Gasteiger partial charge in [-0.25, -0.2) is 13.6 Å². The van der Waals surface area contributed by atoms with E-state index in [9.17, 15) is 13.2 Å². The molecule has 1 amide bonds. The summed E-state index contributed by atoms with van der Waals surface area (Å²) in [6.07, 6.45) is 15.1. The number of primary sulfonamides is 1. The second kappa shape index (κ2) is 13.0. The highest BCUT2D eigenvalue weighted by Gasteiger charge is 2.15. The molecule has 3 N–H and O–H groups in total. The summed E-state index contributed by atoms with van der Waals surface area (Å²) in [4.78, 5) is 12.4. The minimum atomic E-state index is -3.83. The van der Waals surface area contributed by atoms with Crippen molar-refractivity contribution in [1.29, 1.82) is 0 Å². The minimum absolute atomic E-state index is 0.0173. The normalized spacial score (nSPS) is 15.3. The Bertz CT molecular complexity index is 1190. The maximum atomic E-state index is 12.4. The Hall–Kier alpha value is -3.07. The maximum absolute atomic E-state index is 12.4. The van der Waals surface area contributed by atoms with E-state index < -0.39 is 15.9 Å². The van der Waals surface area contributed by atoms with Crippen LogP contribution in [0.1, 0.15) is 33.6 Å². The molecule has 0 heterocycles. The standard InChI is InChI=1S/C23H23ClN2O5S.C2H6/c1-16-11-21(32(25,28)29)9-6-10-22(16)26-23(27)15-30-19-12-17(24)13-20(14-19)31-18-7-4-2-3-5-8-18;1-2/h2-4,6-9,11-14H,5,10,15H2,1H3,(H,26,27)(H2,25,28,29);1-2H3. The molecule has 2 aliphatic carbocycles. The zero-order valence-corrected chi connectivity index (χ0v) is 20.9. The van der Waals surface area contributed by atoms with Crippen LogP contribution in [0.3, 0.4) is 0 Å². The second-order valence-corrected chi connectivity index (χ2v) is 9.05. The molecule has 0 saturated carbocycles. The lowest BCUT2D eigenvalue weighted by Gasteiger charge is -2.12. The number of hydrogen-bond acceptors (Lipinski definition) is 5. The summed E-state index contributed by atoms with van der Waals surface area (Å²) in [6, 6.07) is 4.88. The largest absolute Gasteiger partial charge is 0.484 e. The number of carbonyl (C=O) groups excluding carboxylic acids is 1. The molecule has 9 heteroatoms. The first-order valence-corrected chi connectivity index (χ1v) is 12.7. The lowest BCUT2D eigenvalue weighted by molar-refractivity contribution is -0.122. The fourth-order valence-electron chi connectivity index (χ4n) is 2.93. The molecule has 1 aromatic rings. The van der Waals surface area contributed by atoms with Gasteiger partial charge in [0, 0.05) is 23.2 Å². The van der Waals surface area contributed by atoms with Gasteiger partial charge in [-0.1, -0.05) is 49.8 Å². The molecule has 0 radical (unpaired) electrons. The Morgan fingerprint density at radius 1 is 1.12 bits per heavy atom. The van der Waals surface area contributed by atoms with Crippen LogP contribution in [0.15, 0.2) is 88.7 Å². The Balaban J connectivity index is 0.00000199. The van der Waals surface area contributed by atoms with Crippen molar-refractivity contribution in [3.05, 3.63) is 93.8 Å². The van der Waals surface area contributed by atoms with Gasteiger partial charge in [0.15, 0.2) is 6.61 Å². The third kappa shape index (κ3) is 8.70. The van der Waals surface area contributed by atoms with E-state index in [0.29, 0.717) is 40.0 Å². The SMILES string of the molecule is CC.CC1=C(NC(=O)COc2cc(Cl)cc(OC3=CCC=CC=C3)c2)CC=CC(S(N)(=O)=O)=C1. The maximum Gasteiger partial charge on any atom is 0.262 e. The monoisotopic (exact) mass is 504 g/mol. The molecule has 0 aliphatic heterocycles. The highest BCUT2D eigenvalue weighted by atomic mass is 35.5. The van der Waals surface area contributed by atoms with Gasteiger partial charge >= 0.3 is 0 Å². The van der Waals surface area contributed by atoms with Crippen LogP contribution >= 0.6 is 11.6 Å². The number of rotatable bonds is 7. The van der Waals surface area contributed by atoms with Crippen LogP contribution in [0.5, 0.6) is 11.5 Å². The Morgan fingerprint density at radius 2 is 1.85 bits per heavy atom. The molecular weight excluding hydrogens is 476 g/mol. The second-order valence-electron chi connectivity index (χ2n) is 7.05. The van der Waals surface area contributed by atoms with E-state index in [-0.39, 0.29) is 11.5 Å². The molecule has 0 atom stereocenters. The van der Waals surface area contributed by atoms with Gasteiger partial charge in [0.1, 0.15) is 17.3 Å². The summed E-state index contributed by atoms with van der Waals surface area (Å²) < 4.78 is 34.6. The number of sulfonamides is 1. The molecule has 0 saturated heterocycles. The van der Waals surface area contributed by atoms with Crippen molar-refractivity contribution in [2.45, 2.75) is 33.6 Å². The van der Waals surface area contributed by atoms with E-state index in [1.54, 1.807) is 31.2 Å². The number of carbonyl (C=O) groups is 1.